The number of nitrogens with zero attached hydrogens (tertiary/aromatic N) is 2. The zero-order chi connectivity index (χ0) is 25.3. The summed E-state index contributed by atoms with van der Waals surface area (Å²) in [7, 11) is -4.00. The van der Waals surface area contributed by atoms with E-state index in [1.54, 1.807) is 0 Å². The molecule has 1 aliphatic heterocycles. The number of hydrogen-bond acceptors (Lipinski definition) is 8. The Kier molecular flexibility index (Phi) is 6.68. The monoisotopic (exact) mass is 501 g/mol. The molecule has 11 nitrogen and oxygen atoms in total. The van der Waals surface area contributed by atoms with Gasteiger partial charge in [-0.3, -0.25) is 9.59 Å². The molecule has 0 aliphatic carbocycles. The van der Waals surface area contributed by atoms with Crippen LogP contribution in [0.2, 0.25) is 0 Å². The molecule has 2 aromatic carbocycles. The number of benzene rings is 2. The third kappa shape index (κ3) is 4.80. The van der Waals surface area contributed by atoms with Gasteiger partial charge in [0.05, 0.1) is 45.3 Å². The highest BCUT2D eigenvalue weighted by Crippen LogP contribution is 2.33. The second-order valence-corrected chi connectivity index (χ2v) is 10.4. The van der Waals surface area contributed by atoms with Crippen LogP contribution in [0.25, 0.3) is 22.3 Å². The number of nitrogen functional groups attached to an aromatic ring is 2. The van der Waals surface area contributed by atoms with E-state index in [1.165, 1.54) is 34.6 Å². The summed E-state index contributed by atoms with van der Waals surface area (Å²) in [6.07, 6.45) is 1.58. The zero-order valence-corrected chi connectivity index (χ0v) is 20.0. The highest BCUT2D eigenvalue weighted by Gasteiger charge is 2.33. The second kappa shape index (κ2) is 9.55. The zero-order valence-electron chi connectivity index (χ0n) is 19.2. The number of nitrogens with two attached hydrogens (primary N) is 2. The van der Waals surface area contributed by atoms with Crippen LogP contribution in [0.3, 0.4) is 0 Å². The molecule has 2 heterocycles. The van der Waals surface area contributed by atoms with Gasteiger partial charge >= 0.3 is 5.97 Å². The smallest absolute Gasteiger partial charge is 0.307 e. The molecule has 1 atom stereocenters. The molecule has 12 heteroatoms. The lowest BCUT2D eigenvalue weighted by atomic mass is 10.0. The van der Waals surface area contributed by atoms with Crippen molar-refractivity contribution in [2.75, 3.05) is 31.2 Å². The van der Waals surface area contributed by atoms with E-state index < -0.39 is 27.5 Å². The predicted molar refractivity (Wildman–Crippen MR) is 132 cm³/mol. The molecule has 0 bridgehead atoms. The minimum Gasteiger partial charge on any atom is -0.493 e. The lowest BCUT2D eigenvalue weighted by Crippen LogP contribution is -2.42. The van der Waals surface area contributed by atoms with Gasteiger partial charge in [-0.05, 0) is 49.6 Å². The predicted octanol–water partition coefficient (Wildman–Crippen LogP) is 2.03. The van der Waals surface area contributed by atoms with Gasteiger partial charge in [0.25, 0.3) is 5.56 Å². The molecule has 1 aromatic heterocycles. The minimum absolute atomic E-state index is 0.0537. The second-order valence-electron chi connectivity index (χ2n) is 8.46. The van der Waals surface area contributed by atoms with Crippen LogP contribution in [0.15, 0.2) is 40.0 Å². The fourth-order valence-corrected chi connectivity index (χ4v) is 5.60. The fourth-order valence-electron chi connectivity index (χ4n) is 4.05. The number of hydrogen-bond donors (Lipinski definition) is 4. The minimum atomic E-state index is -4.00. The Labute approximate surface area is 201 Å². The first kappa shape index (κ1) is 24.5. The van der Waals surface area contributed by atoms with E-state index in [-0.39, 0.29) is 46.1 Å². The Morgan fingerprint density at radius 1 is 1.26 bits per heavy atom. The molecule has 6 N–H and O–H groups in total. The van der Waals surface area contributed by atoms with Gasteiger partial charge in [-0.15, -0.1) is 0 Å². The van der Waals surface area contributed by atoms with Crippen molar-refractivity contribution in [3.05, 3.63) is 40.7 Å². The van der Waals surface area contributed by atoms with Crippen molar-refractivity contribution in [1.82, 2.24) is 14.3 Å². The maximum absolute atomic E-state index is 13.4. The van der Waals surface area contributed by atoms with Gasteiger partial charge in [0.15, 0.2) is 0 Å². The summed E-state index contributed by atoms with van der Waals surface area (Å²) in [6.45, 7) is 2.41. The van der Waals surface area contributed by atoms with Gasteiger partial charge < -0.3 is 26.3 Å². The topological polar surface area (TPSA) is 182 Å². The summed E-state index contributed by atoms with van der Waals surface area (Å²) < 4.78 is 33.8. The van der Waals surface area contributed by atoms with Crippen LogP contribution >= 0.6 is 0 Å². The number of aromatic nitrogens is 2. The van der Waals surface area contributed by atoms with Crippen LogP contribution in [0, 0.1) is 5.92 Å². The average Bonchev–Trinajstić information content (AvgIpc) is 2.83. The molecule has 0 spiro atoms. The van der Waals surface area contributed by atoms with Crippen LogP contribution < -0.4 is 21.8 Å². The van der Waals surface area contributed by atoms with Crippen LogP contribution in [-0.2, 0) is 14.8 Å². The molecule has 0 amide bonds. The Balaban J connectivity index is 1.83. The SMILES string of the molecule is CCCOc1ccc(S(=O)(=O)N2CCCC(C(=O)O)C2)cc1-c1nc2cc(N)c(N)cc2c(=O)[nH]1. The molecule has 1 unspecified atom stereocenters. The maximum atomic E-state index is 13.4. The highest BCUT2D eigenvalue weighted by molar-refractivity contribution is 7.89. The van der Waals surface area contributed by atoms with E-state index in [0.29, 0.717) is 37.1 Å². The number of ether oxygens (including phenoxy) is 1. The summed E-state index contributed by atoms with van der Waals surface area (Å²) >= 11 is 0. The summed E-state index contributed by atoms with van der Waals surface area (Å²) in [5.74, 6) is -1.33. The van der Waals surface area contributed by atoms with Crippen molar-refractivity contribution < 1.29 is 23.1 Å². The van der Waals surface area contributed by atoms with E-state index in [2.05, 4.69) is 9.97 Å². The Bertz CT molecular complexity index is 1450. The number of anilines is 2. The number of piperidine rings is 1. The van der Waals surface area contributed by atoms with E-state index in [4.69, 9.17) is 16.2 Å². The van der Waals surface area contributed by atoms with Gasteiger partial charge in [-0.2, -0.15) is 4.31 Å². The first-order valence-electron chi connectivity index (χ1n) is 11.2. The summed E-state index contributed by atoms with van der Waals surface area (Å²) in [5.41, 5.74) is 12.3. The van der Waals surface area contributed by atoms with Crippen LogP contribution in [0.1, 0.15) is 26.2 Å². The molecule has 3 aromatic rings. The molecule has 0 saturated carbocycles. The van der Waals surface area contributed by atoms with Gasteiger partial charge in [-0.1, -0.05) is 6.92 Å². The Morgan fingerprint density at radius 3 is 2.71 bits per heavy atom. The lowest BCUT2D eigenvalue weighted by molar-refractivity contribution is -0.142. The molecule has 186 valence electrons. The van der Waals surface area contributed by atoms with E-state index >= 15 is 0 Å². The van der Waals surface area contributed by atoms with Crippen molar-refractivity contribution in [1.29, 1.82) is 0 Å². The molecule has 1 saturated heterocycles. The van der Waals surface area contributed by atoms with E-state index in [1.807, 2.05) is 6.92 Å². The first-order chi connectivity index (χ1) is 16.6. The number of carboxylic acids is 1. The summed E-state index contributed by atoms with van der Waals surface area (Å²) in [4.78, 5) is 31.3. The van der Waals surface area contributed by atoms with E-state index in [9.17, 15) is 23.1 Å². The normalized spacial score (nSPS) is 16.9. The largest absolute Gasteiger partial charge is 0.493 e. The molecule has 4 rings (SSSR count). The number of sulfonamides is 1. The third-order valence-electron chi connectivity index (χ3n) is 5.95. The number of H-pyrrole nitrogens is 1. The summed E-state index contributed by atoms with van der Waals surface area (Å²) in [6, 6.07) is 7.22. The molecular weight excluding hydrogens is 474 g/mol. The quantitative estimate of drug-likeness (QED) is 0.352. The number of carboxylic acid groups (broad SMARTS) is 1. The van der Waals surface area contributed by atoms with Crippen molar-refractivity contribution >= 4 is 38.3 Å². The first-order valence-corrected chi connectivity index (χ1v) is 12.6. The average molecular weight is 502 g/mol. The van der Waals surface area contributed by atoms with Gasteiger partial charge in [0.1, 0.15) is 11.6 Å². The molecule has 1 fully saturated rings. The van der Waals surface area contributed by atoms with E-state index in [0.717, 1.165) is 0 Å². The standard InChI is InChI=1S/C23H27N5O6S/c1-2-8-34-20-6-5-14(35(32,33)28-7-3-4-13(12-28)23(30)31)9-16(20)21-26-19-11-18(25)17(24)10-15(19)22(29)27-21/h5-6,9-11,13H,2-4,7-8,12,24-25H2,1H3,(H,30,31)(H,26,27,29). The van der Waals surface area contributed by atoms with Crippen LogP contribution in [0.5, 0.6) is 5.75 Å². The number of carbonyl (C=O) groups is 1. The summed E-state index contributed by atoms with van der Waals surface area (Å²) in [5, 5.41) is 9.60. The molecule has 35 heavy (non-hydrogen) atoms. The lowest BCUT2D eigenvalue weighted by Gasteiger charge is -2.30. The third-order valence-corrected chi connectivity index (χ3v) is 7.81. The highest BCUT2D eigenvalue weighted by atomic mass is 32.2. The number of fused-ring (bicyclic) bond motifs is 1. The van der Waals surface area contributed by atoms with Crippen molar-refractivity contribution in [3.63, 3.8) is 0 Å². The van der Waals surface area contributed by atoms with Gasteiger partial charge in [0, 0.05) is 13.1 Å². The number of aliphatic carboxylic acids is 1. The molecular formula is C23H27N5O6S. The molecule has 0 radical (unpaired) electrons. The number of nitrogens with one attached hydrogen (secondary N) is 1. The van der Waals surface area contributed by atoms with Gasteiger partial charge in [-0.25, -0.2) is 13.4 Å². The number of rotatable bonds is 7. The van der Waals surface area contributed by atoms with Crippen LogP contribution in [-0.4, -0.2) is 53.5 Å². The Hall–Kier alpha value is -3.64. The maximum Gasteiger partial charge on any atom is 0.307 e. The number of aromatic amines is 1. The van der Waals surface area contributed by atoms with Crippen molar-refractivity contribution in [2.45, 2.75) is 31.1 Å². The van der Waals surface area contributed by atoms with Crippen LogP contribution in [0.4, 0.5) is 11.4 Å². The van der Waals surface area contributed by atoms with Crippen molar-refractivity contribution in [2.24, 2.45) is 5.92 Å². The molecule has 1 aliphatic rings. The van der Waals surface area contributed by atoms with Gasteiger partial charge in [0.2, 0.25) is 10.0 Å². The Morgan fingerprint density at radius 2 is 2.00 bits per heavy atom. The fraction of sp³-hybridized carbons (Fsp3) is 0.348. The van der Waals surface area contributed by atoms with Crippen molar-refractivity contribution in [3.8, 4) is 17.1 Å².